The Morgan fingerprint density at radius 3 is 2.08 bits per heavy atom. The largest absolute Gasteiger partial charge is 0.336 e. The van der Waals surface area contributed by atoms with E-state index in [-0.39, 0.29) is 23.7 Å². The number of amides is 3. The van der Waals surface area contributed by atoms with Crippen molar-refractivity contribution in [1.82, 2.24) is 5.32 Å². The summed E-state index contributed by atoms with van der Waals surface area (Å²) in [5, 5.41) is 18.9. The van der Waals surface area contributed by atoms with E-state index in [1.807, 2.05) is 13.8 Å². The molecule has 136 valence electrons. The summed E-state index contributed by atoms with van der Waals surface area (Å²) < 4.78 is 0. The fourth-order valence-corrected chi connectivity index (χ4v) is 2.27. The Morgan fingerprint density at radius 1 is 1.00 bits per heavy atom. The number of nitrogens with zero attached hydrogens (tertiary/aromatic N) is 1. The average Bonchev–Trinajstić information content (AvgIpc) is 2.55. The summed E-state index contributed by atoms with van der Waals surface area (Å²) in [5.41, 5.74) is 1.84. The Balaban J connectivity index is 2.02. The van der Waals surface area contributed by atoms with Gasteiger partial charge < -0.3 is 16.0 Å². The van der Waals surface area contributed by atoms with Crippen LogP contribution in [0.25, 0.3) is 0 Å². The van der Waals surface area contributed by atoms with E-state index >= 15 is 0 Å². The molecule has 0 saturated heterocycles. The van der Waals surface area contributed by atoms with Gasteiger partial charge in [-0.2, -0.15) is 0 Å². The van der Waals surface area contributed by atoms with E-state index in [0.29, 0.717) is 22.5 Å². The summed E-state index contributed by atoms with van der Waals surface area (Å²) >= 11 is 0. The first-order valence-corrected chi connectivity index (χ1v) is 8.00. The van der Waals surface area contributed by atoms with Crippen molar-refractivity contribution in [2.24, 2.45) is 0 Å². The van der Waals surface area contributed by atoms with Gasteiger partial charge in [0, 0.05) is 34.6 Å². The molecule has 0 atom stereocenters. The molecule has 0 heterocycles. The maximum Gasteiger partial charge on any atom is 0.319 e. The second-order valence-corrected chi connectivity index (χ2v) is 6.04. The number of nitro benzene ring substituents is 1. The number of aryl methyl sites for hydroxylation is 1. The zero-order chi connectivity index (χ0) is 19.3. The molecule has 0 bridgehead atoms. The Kier molecular flexibility index (Phi) is 5.90. The van der Waals surface area contributed by atoms with Crippen molar-refractivity contribution in [3.63, 3.8) is 0 Å². The number of hydrogen-bond acceptors (Lipinski definition) is 4. The van der Waals surface area contributed by atoms with E-state index in [0.717, 1.165) is 0 Å². The Morgan fingerprint density at radius 2 is 1.58 bits per heavy atom. The standard InChI is InChI=1S/C18H20N4O4/c1-11(2)19-18(24)21-15-7-5-14(6-8-15)20-17(23)13-4-9-16(22(25)26)12(3)10-13/h4-11H,1-3H3,(H,20,23)(H2,19,21,24). The summed E-state index contributed by atoms with van der Waals surface area (Å²) in [6.07, 6.45) is 0. The minimum Gasteiger partial charge on any atom is -0.336 e. The van der Waals surface area contributed by atoms with Gasteiger partial charge in [0.1, 0.15) is 0 Å². The highest BCUT2D eigenvalue weighted by Crippen LogP contribution is 2.20. The average molecular weight is 356 g/mol. The minimum absolute atomic E-state index is 0.0266. The topological polar surface area (TPSA) is 113 Å². The predicted molar refractivity (Wildman–Crippen MR) is 99.5 cm³/mol. The van der Waals surface area contributed by atoms with Crippen LogP contribution in [-0.4, -0.2) is 22.9 Å². The fourth-order valence-electron chi connectivity index (χ4n) is 2.27. The van der Waals surface area contributed by atoms with Crippen LogP contribution in [-0.2, 0) is 0 Å². The van der Waals surface area contributed by atoms with Gasteiger partial charge in [0.25, 0.3) is 11.6 Å². The summed E-state index contributed by atoms with van der Waals surface area (Å²) in [6.45, 7) is 5.30. The van der Waals surface area contributed by atoms with Gasteiger partial charge in [-0.15, -0.1) is 0 Å². The minimum atomic E-state index is -0.488. The zero-order valence-corrected chi connectivity index (χ0v) is 14.7. The van der Waals surface area contributed by atoms with Crippen molar-refractivity contribution < 1.29 is 14.5 Å². The van der Waals surface area contributed by atoms with E-state index in [1.54, 1.807) is 31.2 Å². The number of carbonyl (C=O) groups excluding carboxylic acids is 2. The number of hydrogen-bond donors (Lipinski definition) is 3. The van der Waals surface area contributed by atoms with Crippen LogP contribution in [0.1, 0.15) is 29.8 Å². The zero-order valence-electron chi connectivity index (χ0n) is 14.7. The highest BCUT2D eigenvalue weighted by Gasteiger charge is 2.14. The third-order valence-corrected chi connectivity index (χ3v) is 3.48. The lowest BCUT2D eigenvalue weighted by Gasteiger charge is -2.11. The van der Waals surface area contributed by atoms with Gasteiger partial charge in [-0.25, -0.2) is 4.79 Å². The molecule has 0 unspecified atom stereocenters. The predicted octanol–water partition coefficient (Wildman–Crippen LogP) is 3.69. The number of anilines is 2. The molecule has 8 nitrogen and oxygen atoms in total. The van der Waals surface area contributed by atoms with Gasteiger partial charge in [0.2, 0.25) is 0 Å². The molecule has 3 N–H and O–H groups in total. The molecule has 3 amide bonds. The van der Waals surface area contributed by atoms with Crippen molar-refractivity contribution in [3.05, 3.63) is 63.7 Å². The molecule has 0 saturated carbocycles. The molecule has 0 aliphatic rings. The summed E-state index contributed by atoms with van der Waals surface area (Å²) in [5.74, 6) is -0.374. The molecule has 0 aliphatic carbocycles. The molecule has 2 rings (SSSR count). The molecule has 0 spiro atoms. The first-order chi connectivity index (χ1) is 12.3. The molecule has 26 heavy (non-hydrogen) atoms. The maximum absolute atomic E-state index is 12.3. The van der Waals surface area contributed by atoms with Gasteiger partial charge in [0.15, 0.2) is 0 Å². The van der Waals surface area contributed by atoms with Crippen LogP contribution < -0.4 is 16.0 Å². The van der Waals surface area contributed by atoms with E-state index in [9.17, 15) is 19.7 Å². The van der Waals surface area contributed by atoms with Crippen molar-refractivity contribution in [2.75, 3.05) is 10.6 Å². The fraction of sp³-hybridized carbons (Fsp3) is 0.222. The van der Waals surface area contributed by atoms with Gasteiger partial charge >= 0.3 is 6.03 Å². The molecule has 0 aromatic heterocycles. The normalized spacial score (nSPS) is 10.3. The lowest BCUT2D eigenvalue weighted by atomic mass is 10.1. The van der Waals surface area contributed by atoms with Crippen molar-refractivity contribution in [3.8, 4) is 0 Å². The van der Waals surface area contributed by atoms with Crippen LogP contribution in [0.4, 0.5) is 21.9 Å². The van der Waals surface area contributed by atoms with E-state index < -0.39 is 4.92 Å². The number of nitro groups is 1. The Hall–Kier alpha value is -3.42. The summed E-state index contributed by atoms with van der Waals surface area (Å²) in [4.78, 5) is 34.3. The lowest BCUT2D eigenvalue weighted by Crippen LogP contribution is -2.34. The molecular formula is C18H20N4O4. The molecule has 0 fully saturated rings. The molecule has 0 radical (unpaired) electrons. The second kappa shape index (κ2) is 8.11. The SMILES string of the molecule is Cc1cc(C(=O)Nc2ccc(NC(=O)NC(C)C)cc2)ccc1[N+](=O)[O-]. The van der Waals surface area contributed by atoms with Gasteiger partial charge in [-0.05, 0) is 57.2 Å². The number of urea groups is 1. The number of rotatable bonds is 5. The van der Waals surface area contributed by atoms with E-state index in [2.05, 4.69) is 16.0 Å². The second-order valence-electron chi connectivity index (χ2n) is 6.04. The molecule has 8 heteroatoms. The molecule has 2 aromatic carbocycles. The van der Waals surface area contributed by atoms with Crippen LogP contribution in [0, 0.1) is 17.0 Å². The monoisotopic (exact) mass is 356 g/mol. The van der Waals surface area contributed by atoms with Crippen molar-refractivity contribution in [2.45, 2.75) is 26.8 Å². The third-order valence-electron chi connectivity index (χ3n) is 3.48. The van der Waals surface area contributed by atoms with Crippen LogP contribution >= 0.6 is 0 Å². The van der Waals surface area contributed by atoms with Crippen LogP contribution in [0.5, 0.6) is 0 Å². The lowest BCUT2D eigenvalue weighted by molar-refractivity contribution is -0.385. The Labute approximate surface area is 150 Å². The number of carbonyl (C=O) groups is 2. The maximum atomic E-state index is 12.3. The highest BCUT2D eigenvalue weighted by molar-refractivity contribution is 6.04. The van der Waals surface area contributed by atoms with Gasteiger partial charge in [-0.3, -0.25) is 14.9 Å². The third kappa shape index (κ3) is 5.04. The van der Waals surface area contributed by atoms with E-state index in [1.165, 1.54) is 18.2 Å². The summed E-state index contributed by atoms with van der Waals surface area (Å²) in [6, 6.07) is 10.5. The number of benzene rings is 2. The quantitative estimate of drug-likeness (QED) is 0.560. The van der Waals surface area contributed by atoms with Crippen LogP contribution in [0.15, 0.2) is 42.5 Å². The number of nitrogens with one attached hydrogen (secondary N) is 3. The van der Waals surface area contributed by atoms with Gasteiger partial charge in [0.05, 0.1) is 4.92 Å². The highest BCUT2D eigenvalue weighted by atomic mass is 16.6. The van der Waals surface area contributed by atoms with E-state index in [4.69, 9.17) is 0 Å². The Bertz CT molecular complexity index is 832. The van der Waals surface area contributed by atoms with Gasteiger partial charge in [-0.1, -0.05) is 0 Å². The molecule has 0 aliphatic heterocycles. The van der Waals surface area contributed by atoms with Crippen LogP contribution in [0.2, 0.25) is 0 Å². The molecule has 2 aromatic rings. The first kappa shape index (κ1) is 18.9. The molecular weight excluding hydrogens is 336 g/mol. The summed E-state index contributed by atoms with van der Waals surface area (Å²) in [7, 11) is 0. The van der Waals surface area contributed by atoms with Crippen LogP contribution in [0.3, 0.4) is 0 Å². The first-order valence-electron chi connectivity index (χ1n) is 8.00. The van der Waals surface area contributed by atoms with Crippen molar-refractivity contribution in [1.29, 1.82) is 0 Å². The smallest absolute Gasteiger partial charge is 0.319 e. The van der Waals surface area contributed by atoms with Crippen molar-refractivity contribution >= 4 is 29.0 Å².